The van der Waals surface area contributed by atoms with E-state index >= 15 is 0 Å². The molecule has 1 amide bonds. The predicted molar refractivity (Wildman–Crippen MR) is 105 cm³/mol. The molecule has 2 aromatic heterocycles. The molecule has 2 aliphatic rings. The van der Waals surface area contributed by atoms with Crippen molar-refractivity contribution in [1.29, 1.82) is 0 Å². The van der Waals surface area contributed by atoms with E-state index in [0.29, 0.717) is 18.2 Å². The van der Waals surface area contributed by atoms with Gasteiger partial charge in [0.25, 0.3) is 0 Å². The summed E-state index contributed by atoms with van der Waals surface area (Å²) >= 11 is 6.06. The number of aromatic amines is 1. The Morgan fingerprint density at radius 2 is 2.19 bits per heavy atom. The van der Waals surface area contributed by atoms with Gasteiger partial charge in [0.05, 0.1) is 12.2 Å². The standard InChI is InChI=1S/C18H26ClN7O/c1-2-25-7-4-6-13(25)9-20-17(27)12-5-3-8-26(10-12)16-14-15(22-11-21-14)23-18(19)24-16/h11-13H,2-10H2,1H3,(H,20,27)(H,21,22,23,24)/t12-,13-/m0/s1. The van der Waals surface area contributed by atoms with Crippen LogP contribution in [0.5, 0.6) is 0 Å². The molecule has 2 fully saturated rings. The van der Waals surface area contributed by atoms with Gasteiger partial charge >= 0.3 is 0 Å². The molecule has 2 saturated heterocycles. The lowest BCUT2D eigenvalue weighted by Gasteiger charge is -2.33. The number of fused-ring (bicyclic) bond motifs is 1. The zero-order chi connectivity index (χ0) is 18.8. The van der Waals surface area contributed by atoms with Crippen molar-refractivity contribution in [1.82, 2.24) is 30.2 Å². The fourth-order valence-corrected chi connectivity index (χ4v) is 4.47. The number of amides is 1. The maximum absolute atomic E-state index is 12.8. The molecule has 0 saturated carbocycles. The number of hydrogen-bond acceptors (Lipinski definition) is 6. The average molecular weight is 392 g/mol. The molecule has 0 aromatic carbocycles. The molecule has 4 heterocycles. The van der Waals surface area contributed by atoms with E-state index < -0.39 is 0 Å². The zero-order valence-corrected chi connectivity index (χ0v) is 16.4. The number of imidazole rings is 1. The van der Waals surface area contributed by atoms with Gasteiger partial charge in [-0.2, -0.15) is 9.97 Å². The van der Waals surface area contributed by atoms with Crippen molar-refractivity contribution in [3.8, 4) is 0 Å². The lowest BCUT2D eigenvalue weighted by atomic mass is 9.97. The Morgan fingerprint density at radius 1 is 1.33 bits per heavy atom. The lowest BCUT2D eigenvalue weighted by molar-refractivity contribution is -0.125. The van der Waals surface area contributed by atoms with Gasteiger partial charge in [-0.1, -0.05) is 6.92 Å². The maximum atomic E-state index is 12.8. The highest BCUT2D eigenvalue weighted by atomic mass is 35.5. The first-order valence-corrected chi connectivity index (χ1v) is 10.2. The van der Waals surface area contributed by atoms with E-state index in [9.17, 15) is 4.79 Å². The number of carbonyl (C=O) groups excluding carboxylic acids is 1. The molecule has 9 heteroatoms. The van der Waals surface area contributed by atoms with Crippen LogP contribution in [0.3, 0.4) is 0 Å². The highest BCUT2D eigenvalue weighted by Gasteiger charge is 2.29. The van der Waals surface area contributed by atoms with Gasteiger partial charge in [-0.25, -0.2) is 4.98 Å². The molecule has 4 rings (SSSR count). The fourth-order valence-electron chi connectivity index (χ4n) is 4.31. The second kappa shape index (κ2) is 7.98. The van der Waals surface area contributed by atoms with E-state index in [2.05, 4.69) is 42.0 Å². The summed E-state index contributed by atoms with van der Waals surface area (Å²) in [5.41, 5.74) is 1.32. The number of nitrogens with zero attached hydrogens (tertiary/aromatic N) is 5. The number of H-pyrrole nitrogens is 1. The van der Waals surface area contributed by atoms with Crippen LogP contribution < -0.4 is 10.2 Å². The van der Waals surface area contributed by atoms with Crippen LogP contribution in [0, 0.1) is 5.92 Å². The number of aromatic nitrogens is 4. The zero-order valence-electron chi connectivity index (χ0n) is 15.6. The molecule has 8 nitrogen and oxygen atoms in total. The van der Waals surface area contributed by atoms with Crippen molar-refractivity contribution in [3.05, 3.63) is 11.6 Å². The topological polar surface area (TPSA) is 90.0 Å². The summed E-state index contributed by atoms with van der Waals surface area (Å²) in [6.07, 6.45) is 5.83. The van der Waals surface area contributed by atoms with Crippen molar-refractivity contribution in [2.24, 2.45) is 5.92 Å². The van der Waals surface area contributed by atoms with Gasteiger partial charge in [-0.05, 0) is 50.4 Å². The average Bonchev–Trinajstić information content (AvgIpc) is 3.34. The van der Waals surface area contributed by atoms with Crippen LogP contribution in [0.25, 0.3) is 11.2 Å². The fraction of sp³-hybridized carbons (Fsp3) is 0.667. The van der Waals surface area contributed by atoms with E-state index in [4.69, 9.17) is 11.6 Å². The van der Waals surface area contributed by atoms with Gasteiger partial charge in [-0.15, -0.1) is 0 Å². The van der Waals surface area contributed by atoms with Gasteiger partial charge in [0.1, 0.15) is 5.52 Å². The number of rotatable bonds is 5. The predicted octanol–water partition coefficient (Wildman–Crippen LogP) is 1.82. The second-order valence-corrected chi connectivity index (χ2v) is 7.71. The van der Waals surface area contributed by atoms with Crippen LogP contribution in [-0.2, 0) is 4.79 Å². The Bertz CT molecular complexity index is 810. The number of likely N-dealkylation sites (N-methyl/N-ethyl adjacent to an activating group) is 1. The summed E-state index contributed by atoms with van der Waals surface area (Å²) in [7, 11) is 0. The summed E-state index contributed by atoms with van der Waals surface area (Å²) < 4.78 is 0. The molecule has 2 aliphatic heterocycles. The van der Waals surface area contributed by atoms with E-state index in [1.54, 1.807) is 6.33 Å². The number of piperidine rings is 1. The third-order valence-electron chi connectivity index (χ3n) is 5.75. The largest absolute Gasteiger partial charge is 0.354 e. The Labute approximate surface area is 163 Å². The summed E-state index contributed by atoms with van der Waals surface area (Å²) in [4.78, 5) is 33.1. The van der Waals surface area contributed by atoms with E-state index in [-0.39, 0.29) is 17.1 Å². The SMILES string of the molecule is CCN1CCC[C@H]1CNC(=O)[C@H]1CCCN(c2nc(Cl)nc3nc[nH]c23)C1. The first kappa shape index (κ1) is 18.4. The van der Waals surface area contributed by atoms with Gasteiger partial charge in [-0.3, -0.25) is 9.69 Å². The summed E-state index contributed by atoms with van der Waals surface area (Å²) in [6, 6.07) is 0.476. The normalized spacial score (nSPS) is 23.9. The molecule has 2 atom stereocenters. The Hall–Kier alpha value is -1.93. The van der Waals surface area contributed by atoms with Gasteiger partial charge in [0.2, 0.25) is 11.2 Å². The molecule has 2 N–H and O–H groups in total. The minimum absolute atomic E-state index is 0.0399. The molecule has 146 valence electrons. The van der Waals surface area contributed by atoms with Gasteiger partial charge in [0, 0.05) is 25.7 Å². The number of halogens is 1. The second-order valence-electron chi connectivity index (χ2n) is 7.37. The number of anilines is 1. The molecular weight excluding hydrogens is 366 g/mol. The summed E-state index contributed by atoms with van der Waals surface area (Å²) in [6.45, 7) is 6.59. The van der Waals surface area contributed by atoms with Crippen molar-refractivity contribution in [2.75, 3.05) is 37.6 Å². The first-order chi connectivity index (χ1) is 13.2. The number of likely N-dealkylation sites (tertiary alicyclic amines) is 1. The molecule has 27 heavy (non-hydrogen) atoms. The number of carbonyl (C=O) groups is 1. The monoisotopic (exact) mass is 391 g/mol. The Balaban J connectivity index is 1.41. The maximum Gasteiger partial charge on any atom is 0.226 e. The minimum Gasteiger partial charge on any atom is -0.354 e. The van der Waals surface area contributed by atoms with Crippen molar-refractivity contribution in [2.45, 2.75) is 38.6 Å². The Morgan fingerprint density at radius 3 is 3.04 bits per heavy atom. The lowest BCUT2D eigenvalue weighted by Crippen LogP contribution is -2.46. The van der Waals surface area contributed by atoms with Crippen LogP contribution in [0.1, 0.15) is 32.6 Å². The van der Waals surface area contributed by atoms with Crippen molar-refractivity contribution < 1.29 is 4.79 Å². The molecule has 0 aliphatic carbocycles. The van der Waals surface area contributed by atoms with Crippen LogP contribution in [0.4, 0.5) is 5.82 Å². The summed E-state index contributed by atoms with van der Waals surface area (Å²) in [5, 5.41) is 3.37. The molecular formula is C18H26ClN7O. The third kappa shape index (κ3) is 3.87. The number of hydrogen-bond donors (Lipinski definition) is 2. The Kier molecular flexibility index (Phi) is 5.45. The smallest absolute Gasteiger partial charge is 0.226 e. The van der Waals surface area contributed by atoms with Crippen molar-refractivity contribution in [3.63, 3.8) is 0 Å². The highest BCUT2D eigenvalue weighted by Crippen LogP contribution is 2.27. The van der Waals surface area contributed by atoms with E-state index in [0.717, 1.165) is 50.4 Å². The molecule has 0 radical (unpaired) electrons. The number of nitrogens with one attached hydrogen (secondary N) is 2. The van der Waals surface area contributed by atoms with Gasteiger partial charge in [0.15, 0.2) is 11.5 Å². The van der Waals surface area contributed by atoms with E-state index in [1.807, 2.05) is 0 Å². The molecule has 0 unspecified atom stereocenters. The van der Waals surface area contributed by atoms with Crippen molar-refractivity contribution >= 4 is 34.5 Å². The van der Waals surface area contributed by atoms with Crippen LogP contribution >= 0.6 is 11.6 Å². The minimum atomic E-state index is -0.0399. The summed E-state index contributed by atoms with van der Waals surface area (Å²) in [5.74, 6) is 0.832. The van der Waals surface area contributed by atoms with Crippen LogP contribution in [0.15, 0.2) is 6.33 Å². The van der Waals surface area contributed by atoms with Crippen LogP contribution in [-0.4, -0.2) is 69.5 Å². The van der Waals surface area contributed by atoms with E-state index in [1.165, 1.54) is 12.8 Å². The molecule has 0 bridgehead atoms. The highest BCUT2D eigenvalue weighted by molar-refractivity contribution is 6.28. The first-order valence-electron chi connectivity index (χ1n) is 9.79. The third-order valence-corrected chi connectivity index (χ3v) is 5.92. The quantitative estimate of drug-likeness (QED) is 0.755. The van der Waals surface area contributed by atoms with Crippen LogP contribution in [0.2, 0.25) is 5.28 Å². The van der Waals surface area contributed by atoms with Gasteiger partial charge < -0.3 is 15.2 Å². The molecule has 0 spiro atoms. The molecule has 2 aromatic rings.